The molecule has 0 spiro atoms. The highest BCUT2D eigenvalue weighted by Gasteiger charge is 2.11. The number of halogens is 1. The molecular weight excluding hydrogens is 283 g/mol. The Kier molecular flexibility index (Phi) is 3.07. The van der Waals surface area contributed by atoms with Gasteiger partial charge in [0.25, 0.3) is 5.69 Å². The summed E-state index contributed by atoms with van der Waals surface area (Å²) in [6, 6.07) is 5.05. The molecule has 0 aliphatic rings. The van der Waals surface area contributed by atoms with E-state index in [1.807, 2.05) is 41.6 Å². The van der Waals surface area contributed by atoms with Crippen LogP contribution in [0.2, 0.25) is 0 Å². The largest absolute Gasteiger partial charge is 0.378 e. The van der Waals surface area contributed by atoms with E-state index in [9.17, 15) is 10.1 Å². The summed E-state index contributed by atoms with van der Waals surface area (Å²) < 4.78 is 0.661. The van der Waals surface area contributed by atoms with Gasteiger partial charge in [-0.05, 0) is 34.7 Å². The van der Waals surface area contributed by atoms with Crippen LogP contribution in [0, 0.1) is 13.7 Å². The van der Waals surface area contributed by atoms with Crippen LogP contribution in [-0.4, -0.2) is 19.0 Å². The van der Waals surface area contributed by atoms with Crippen molar-refractivity contribution in [2.75, 3.05) is 19.0 Å². The molecule has 0 N–H and O–H groups in total. The van der Waals surface area contributed by atoms with Crippen LogP contribution in [0.5, 0.6) is 0 Å². The molecule has 0 aliphatic heterocycles. The molecule has 4 nitrogen and oxygen atoms in total. The maximum Gasteiger partial charge on any atom is 0.282 e. The molecule has 0 unspecified atom stereocenters. The molecule has 0 radical (unpaired) electrons. The summed E-state index contributed by atoms with van der Waals surface area (Å²) in [4.78, 5) is 12.0. The van der Waals surface area contributed by atoms with E-state index in [0.29, 0.717) is 3.57 Å². The molecule has 13 heavy (non-hydrogen) atoms. The first-order valence-corrected chi connectivity index (χ1v) is 4.71. The van der Waals surface area contributed by atoms with Crippen molar-refractivity contribution in [3.8, 4) is 0 Å². The number of hydrogen-bond donors (Lipinski definition) is 0. The van der Waals surface area contributed by atoms with Crippen LogP contribution in [-0.2, 0) is 0 Å². The van der Waals surface area contributed by atoms with Gasteiger partial charge in [0.2, 0.25) is 0 Å². The third-order valence-corrected chi connectivity index (χ3v) is 2.51. The zero-order chi connectivity index (χ0) is 10.0. The fourth-order valence-electron chi connectivity index (χ4n) is 0.922. The van der Waals surface area contributed by atoms with Crippen LogP contribution in [0.25, 0.3) is 0 Å². The number of nitro groups is 1. The van der Waals surface area contributed by atoms with Crippen LogP contribution in [0.1, 0.15) is 0 Å². The second-order valence-electron chi connectivity index (χ2n) is 2.79. The normalized spacial score (nSPS) is 9.77. The van der Waals surface area contributed by atoms with E-state index in [0.717, 1.165) is 5.69 Å². The summed E-state index contributed by atoms with van der Waals surface area (Å²) >= 11 is 1.97. The van der Waals surface area contributed by atoms with E-state index in [1.54, 1.807) is 12.1 Å². The molecule has 1 aromatic carbocycles. The molecule has 0 amide bonds. The lowest BCUT2D eigenvalue weighted by molar-refractivity contribution is -0.385. The van der Waals surface area contributed by atoms with Gasteiger partial charge >= 0.3 is 0 Å². The fourth-order valence-corrected chi connectivity index (χ4v) is 1.62. The summed E-state index contributed by atoms with van der Waals surface area (Å²) in [5.74, 6) is 0. The summed E-state index contributed by atoms with van der Waals surface area (Å²) in [5, 5.41) is 10.5. The SMILES string of the molecule is CN(C)c1ccc([N+](=O)[O-])c(I)c1. The van der Waals surface area contributed by atoms with E-state index in [1.165, 1.54) is 6.07 Å². The Balaban J connectivity index is 3.13. The van der Waals surface area contributed by atoms with Gasteiger partial charge in [-0.1, -0.05) is 0 Å². The van der Waals surface area contributed by atoms with Gasteiger partial charge in [0.05, 0.1) is 8.49 Å². The van der Waals surface area contributed by atoms with Crippen LogP contribution in [0.3, 0.4) is 0 Å². The first-order chi connectivity index (χ1) is 6.02. The first-order valence-electron chi connectivity index (χ1n) is 3.63. The Morgan fingerprint density at radius 3 is 2.46 bits per heavy atom. The van der Waals surface area contributed by atoms with Crippen LogP contribution in [0.4, 0.5) is 11.4 Å². The average Bonchev–Trinajstić information content (AvgIpc) is 2.03. The second kappa shape index (κ2) is 3.91. The monoisotopic (exact) mass is 292 g/mol. The molecule has 1 rings (SSSR count). The highest BCUT2D eigenvalue weighted by atomic mass is 127. The second-order valence-corrected chi connectivity index (χ2v) is 3.95. The Bertz CT molecular complexity index is 339. The number of hydrogen-bond acceptors (Lipinski definition) is 3. The number of anilines is 1. The lowest BCUT2D eigenvalue weighted by atomic mass is 10.3. The van der Waals surface area contributed by atoms with Gasteiger partial charge in [0.1, 0.15) is 0 Å². The van der Waals surface area contributed by atoms with Crippen molar-refractivity contribution in [2.45, 2.75) is 0 Å². The summed E-state index contributed by atoms with van der Waals surface area (Å²) in [6.45, 7) is 0. The van der Waals surface area contributed by atoms with E-state index in [2.05, 4.69) is 0 Å². The predicted octanol–water partition coefficient (Wildman–Crippen LogP) is 2.27. The minimum atomic E-state index is -0.374. The minimum Gasteiger partial charge on any atom is -0.378 e. The first kappa shape index (κ1) is 10.2. The minimum absolute atomic E-state index is 0.159. The van der Waals surface area contributed by atoms with Crippen molar-refractivity contribution in [1.29, 1.82) is 0 Å². The third kappa shape index (κ3) is 2.30. The Morgan fingerprint density at radius 1 is 1.46 bits per heavy atom. The highest BCUT2D eigenvalue weighted by Crippen LogP contribution is 2.24. The lowest BCUT2D eigenvalue weighted by Crippen LogP contribution is -2.08. The lowest BCUT2D eigenvalue weighted by Gasteiger charge is -2.11. The average molecular weight is 292 g/mol. The quantitative estimate of drug-likeness (QED) is 0.477. The summed E-state index contributed by atoms with van der Waals surface area (Å²) in [7, 11) is 3.80. The molecule has 5 heteroatoms. The van der Waals surface area contributed by atoms with Crippen LogP contribution in [0.15, 0.2) is 18.2 Å². The molecule has 0 aliphatic carbocycles. The molecule has 0 aromatic heterocycles. The van der Waals surface area contributed by atoms with Gasteiger partial charge in [-0.15, -0.1) is 0 Å². The number of nitrogens with zero attached hydrogens (tertiary/aromatic N) is 2. The summed E-state index contributed by atoms with van der Waals surface area (Å²) in [5.41, 5.74) is 1.13. The van der Waals surface area contributed by atoms with Gasteiger partial charge in [0.15, 0.2) is 0 Å². The van der Waals surface area contributed by atoms with Crippen molar-refractivity contribution >= 4 is 34.0 Å². The zero-order valence-corrected chi connectivity index (χ0v) is 9.48. The zero-order valence-electron chi connectivity index (χ0n) is 7.32. The fraction of sp³-hybridized carbons (Fsp3) is 0.250. The van der Waals surface area contributed by atoms with Crippen molar-refractivity contribution in [1.82, 2.24) is 0 Å². The summed E-state index contributed by atoms with van der Waals surface area (Å²) in [6.07, 6.45) is 0. The molecule has 0 bridgehead atoms. The van der Waals surface area contributed by atoms with Crippen LogP contribution < -0.4 is 4.90 Å². The van der Waals surface area contributed by atoms with Gasteiger partial charge in [0, 0.05) is 25.8 Å². The van der Waals surface area contributed by atoms with Crippen molar-refractivity contribution in [3.63, 3.8) is 0 Å². The van der Waals surface area contributed by atoms with Crippen molar-refractivity contribution in [3.05, 3.63) is 31.9 Å². The number of nitro benzene ring substituents is 1. The van der Waals surface area contributed by atoms with Gasteiger partial charge in [-0.3, -0.25) is 10.1 Å². The van der Waals surface area contributed by atoms with Gasteiger partial charge in [-0.25, -0.2) is 0 Å². The standard InChI is InChI=1S/C8H9IN2O2/c1-10(2)6-3-4-8(11(12)13)7(9)5-6/h3-5H,1-2H3. The molecule has 0 saturated carbocycles. The van der Waals surface area contributed by atoms with E-state index >= 15 is 0 Å². The van der Waals surface area contributed by atoms with E-state index < -0.39 is 0 Å². The molecule has 1 aromatic rings. The predicted molar refractivity (Wildman–Crippen MR) is 60.1 cm³/mol. The van der Waals surface area contributed by atoms with Gasteiger partial charge < -0.3 is 4.90 Å². The molecule has 0 atom stereocenters. The Labute approximate surface area is 89.8 Å². The molecule has 0 saturated heterocycles. The van der Waals surface area contributed by atoms with Gasteiger partial charge in [-0.2, -0.15) is 0 Å². The Morgan fingerprint density at radius 2 is 2.08 bits per heavy atom. The van der Waals surface area contributed by atoms with Crippen LogP contribution >= 0.6 is 22.6 Å². The highest BCUT2D eigenvalue weighted by molar-refractivity contribution is 14.1. The Hall–Kier alpha value is -0.850. The van der Waals surface area contributed by atoms with Crippen molar-refractivity contribution < 1.29 is 4.92 Å². The number of rotatable bonds is 2. The van der Waals surface area contributed by atoms with Crippen molar-refractivity contribution in [2.24, 2.45) is 0 Å². The molecule has 70 valence electrons. The maximum atomic E-state index is 10.5. The molecular formula is C8H9IN2O2. The maximum absolute atomic E-state index is 10.5. The van der Waals surface area contributed by atoms with E-state index in [4.69, 9.17) is 0 Å². The smallest absolute Gasteiger partial charge is 0.282 e. The topological polar surface area (TPSA) is 46.4 Å². The molecule has 0 heterocycles. The number of benzene rings is 1. The molecule has 0 fully saturated rings. The van der Waals surface area contributed by atoms with E-state index in [-0.39, 0.29) is 10.6 Å². The third-order valence-electron chi connectivity index (χ3n) is 1.64.